The molecule has 0 aliphatic rings. The predicted octanol–water partition coefficient (Wildman–Crippen LogP) is 1.09. The third-order valence-electron chi connectivity index (χ3n) is 2.81. The van der Waals surface area contributed by atoms with Crippen molar-refractivity contribution < 1.29 is 18.3 Å². The van der Waals surface area contributed by atoms with E-state index in [2.05, 4.69) is 10.0 Å². The van der Waals surface area contributed by atoms with Gasteiger partial charge in [0.15, 0.2) is 0 Å². The lowest BCUT2D eigenvalue weighted by Gasteiger charge is -2.06. The molecule has 1 rings (SSSR count). The van der Waals surface area contributed by atoms with Crippen LogP contribution in [0.4, 0.5) is 0 Å². The van der Waals surface area contributed by atoms with E-state index in [-0.39, 0.29) is 29.7 Å². The van der Waals surface area contributed by atoms with E-state index in [0.717, 1.165) is 37.0 Å². The smallest absolute Gasteiger partial charge is 0.250 e. The zero-order valence-electron chi connectivity index (χ0n) is 11.9. The van der Waals surface area contributed by atoms with Gasteiger partial charge in [-0.25, -0.2) is 13.1 Å². The van der Waals surface area contributed by atoms with Gasteiger partial charge >= 0.3 is 0 Å². The zero-order valence-corrected chi connectivity index (χ0v) is 13.5. The summed E-state index contributed by atoms with van der Waals surface area (Å²) in [4.78, 5) is 11.5. The number of unbranched alkanes of at least 4 members (excludes halogenated alkanes) is 3. The summed E-state index contributed by atoms with van der Waals surface area (Å²) in [7, 11) is -3.48. The monoisotopic (exact) mass is 334 g/mol. The summed E-state index contributed by atoms with van der Waals surface area (Å²) in [6.07, 6.45) is 3.70. The van der Waals surface area contributed by atoms with Crippen molar-refractivity contribution in [2.45, 2.75) is 36.3 Å². The van der Waals surface area contributed by atoms with Crippen molar-refractivity contribution in [2.24, 2.45) is 0 Å². The zero-order chi connectivity index (χ0) is 15.6. The van der Waals surface area contributed by atoms with Gasteiger partial charge in [-0.1, -0.05) is 18.9 Å². The highest BCUT2D eigenvalue weighted by Gasteiger charge is 2.14. The van der Waals surface area contributed by atoms with Crippen LogP contribution in [0, 0.1) is 0 Å². The molecule has 1 heterocycles. The molecule has 0 spiro atoms. The number of nitrogens with one attached hydrogen (secondary N) is 2. The number of carbonyl (C=O) groups is 1. The molecule has 120 valence electrons. The summed E-state index contributed by atoms with van der Waals surface area (Å²) in [5.41, 5.74) is 0. The lowest BCUT2D eigenvalue weighted by Crippen LogP contribution is -2.31. The van der Waals surface area contributed by atoms with E-state index in [1.54, 1.807) is 11.4 Å². The topological polar surface area (TPSA) is 95.5 Å². The van der Waals surface area contributed by atoms with Crippen molar-refractivity contribution >= 4 is 27.3 Å². The molecule has 0 saturated heterocycles. The second-order valence-corrected chi connectivity index (χ2v) is 7.51. The minimum Gasteiger partial charge on any atom is -0.396 e. The summed E-state index contributed by atoms with van der Waals surface area (Å²) in [6.45, 7) is 0.884. The normalized spacial score (nSPS) is 11.5. The van der Waals surface area contributed by atoms with Crippen LogP contribution in [0.3, 0.4) is 0 Å². The van der Waals surface area contributed by atoms with Gasteiger partial charge in [0.05, 0.1) is 0 Å². The minimum absolute atomic E-state index is 0.0938. The van der Waals surface area contributed by atoms with E-state index >= 15 is 0 Å². The number of aliphatic hydroxyl groups excluding tert-OH is 1. The van der Waals surface area contributed by atoms with Crippen LogP contribution in [0.25, 0.3) is 0 Å². The van der Waals surface area contributed by atoms with Gasteiger partial charge < -0.3 is 10.4 Å². The van der Waals surface area contributed by atoms with E-state index in [1.165, 1.54) is 6.07 Å². The molecule has 0 aliphatic carbocycles. The first kappa shape index (κ1) is 18.1. The number of amides is 1. The third kappa shape index (κ3) is 7.56. The second-order valence-electron chi connectivity index (χ2n) is 4.57. The molecule has 0 atom stereocenters. The maximum Gasteiger partial charge on any atom is 0.250 e. The van der Waals surface area contributed by atoms with E-state index < -0.39 is 10.0 Å². The van der Waals surface area contributed by atoms with Crippen LogP contribution in [0.5, 0.6) is 0 Å². The predicted molar refractivity (Wildman–Crippen MR) is 82.7 cm³/mol. The number of thiophene rings is 1. The van der Waals surface area contributed by atoms with Crippen molar-refractivity contribution in [1.82, 2.24) is 10.0 Å². The molecule has 1 aromatic heterocycles. The van der Waals surface area contributed by atoms with Gasteiger partial charge in [0.1, 0.15) is 4.21 Å². The summed E-state index contributed by atoms with van der Waals surface area (Å²) in [5.74, 6) is -0.161. The lowest BCUT2D eigenvalue weighted by molar-refractivity contribution is -0.120. The Balaban J connectivity index is 2.11. The summed E-state index contributed by atoms with van der Waals surface area (Å²) in [6, 6.07) is 3.20. The quantitative estimate of drug-likeness (QED) is 0.528. The average Bonchev–Trinajstić information content (AvgIpc) is 2.97. The highest BCUT2D eigenvalue weighted by atomic mass is 32.2. The van der Waals surface area contributed by atoms with Crippen LogP contribution in [0.1, 0.15) is 32.1 Å². The van der Waals surface area contributed by atoms with Gasteiger partial charge in [-0.15, -0.1) is 11.3 Å². The minimum atomic E-state index is -3.48. The van der Waals surface area contributed by atoms with Gasteiger partial charge in [0.2, 0.25) is 15.9 Å². The van der Waals surface area contributed by atoms with Crippen molar-refractivity contribution in [3.8, 4) is 0 Å². The Morgan fingerprint density at radius 3 is 2.62 bits per heavy atom. The van der Waals surface area contributed by atoms with Crippen LogP contribution in [-0.4, -0.2) is 39.1 Å². The Labute approximate surface area is 129 Å². The molecule has 1 amide bonds. The van der Waals surface area contributed by atoms with Gasteiger partial charge in [0, 0.05) is 26.1 Å². The van der Waals surface area contributed by atoms with Crippen LogP contribution >= 0.6 is 11.3 Å². The number of rotatable bonds is 11. The number of carbonyl (C=O) groups excluding carboxylic acids is 1. The Kier molecular flexibility index (Phi) is 8.51. The number of aliphatic hydroxyl groups is 1. The third-order valence-corrected chi connectivity index (χ3v) is 5.67. The van der Waals surface area contributed by atoms with Crippen LogP contribution < -0.4 is 10.0 Å². The number of hydrogen-bond acceptors (Lipinski definition) is 5. The molecule has 6 nitrogen and oxygen atoms in total. The Morgan fingerprint density at radius 2 is 1.95 bits per heavy atom. The summed E-state index contributed by atoms with van der Waals surface area (Å²) in [5, 5.41) is 13.1. The molecule has 0 bridgehead atoms. The maximum absolute atomic E-state index is 11.8. The molecule has 0 aromatic carbocycles. The van der Waals surface area contributed by atoms with E-state index in [4.69, 9.17) is 5.11 Å². The Bertz CT molecular complexity index is 500. The Hall–Kier alpha value is -0.960. The fourth-order valence-corrected chi connectivity index (χ4v) is 3.76. The van der Waals surface area contributed by atoms with Crippen LogP contribution in [0.15, 0.2) is 21.7 Å². The molecule has 0 saturated carbocycles. The average molecular weight is 334 g/mol. The molecule has 0 fully saturated rings. The molecular formula is C13H22N2O4S2. The lowest BCUT2D eigenvalue weighted by atomic mass is 10.2. The molecule has 0 unspecified atom stereocenters. The molecule has 0 radical (unpaired) electrons. The van der Waals surface area contributed by atoms with E-state index in [1.807, 2.05) is 0 Å². The Morgan fingerprint density at radius 1 is 1.19 bits per heavy atom. The van der Waals surface area contributed by atoms with Crippen molar-refractivity contribution in [3.05, 3.63) is 17.5 Å². The van der Waals surface area contributed by atoms with Gasteiger partial charge in [-0.05, 0) is 24.3 Å². The largest absolute Gasteiger partial charge is 0.396 e. The van der Waals surface area contributed by atoms with E-state index in [9.17, 15) is 13.2 Å². The molecular weight excluding hydrogens is 312 g/mol. The standard InChI is InChI=1S/C13H22N2O4S2/c16-10-4-2-1-3-8-14-12(17)7-9-15-21(18,19)13-6-5-11-20-13/h5-6,11,15-16H,1-4,7-10H2,(H,14,17). The van der Waals surface area contributed by atoms with Crippen molar-refractivity contribution in [1.29, 1.82) is 0 Å². The molecule has 1 aromatic rings. The van der Waals surface area contributed by atoms with E-state index in [0.29, 0.717) is 6.54 Å². The second kappa shape index (κ2) is 9.88. The molecule has 3 N–H and O–H groups in total. The molecule has 8 heteroatoms. The first-order valence-electron chi connectivity index (χ1n) is 6.97. The first-order chi connectivity index (χ1) is 10.1. The van der Waals surface area contributed by atoms with Crippen LogP contribution in [-0.2, 0) is 14.8 Å². The highest BCUT2D eigenvalue weighted by Crippen LogP contribution is 2.14. The fourth-order valence-electron chi connectivity index (χ4n) is 1.69. The fraction of sp³-hybridized carbons (Fsp3) is 0.615. The first-order valence-corrected chi connectivity index (χ1v) is 9.33. The summed E-state index contributed by atoms with van der Waals surface area (Å²) >= 11 is 1.14. The van der Waals surface area contributed by atoms with Crippen molar-refractivity contribution in [2.75, 3.05) is 19.7 Å². The van der Waals surface area contributed by atoms with Gasteiger partial charge in [-0.2, -0.15) is 0 Å². The SMILES string of the molecule is O=C(CCNS(=O)(=O)c1cccs1)NCCCCCCO. The maximum atomic E-state index is 11.8. The number of sulfonamides is 1. The van der Waals surface area contributed by atoms with Gasteiger partial charge in [0.25, 0.3) is 0 Å². The molecule has 21 heavy (non-hydrogen) atoms. The van der Waals surface area contributed by atoms with Crippen molar-refractivity contribution in [3.63, 3.8) is 0 Å². The molecule has 0 aliphatic heterocycles. The highest BCUT2D eigenvalue weighted by molar-refractivity contribution is 7.91. The number of hydrogen-bond donors (Lipinski definition) is 3. The van der Waals surface area contributed by atoms with Crippen LogP contribution in [0.2, 0.25) is 0 Å². The van der Waals surface area contributed by atoms with Gasteiger partial charge in [-0.3, -0.25) is 4.79 Å². The summed E-state index contributed by atoms with van der Waals surface area (Å²) < 4.78 is 26.2.